The van der Waals surface area contributed by atoms with Crippen molar-refractivity contribution in [2.75, 3.05) is 13.1 Å². The van der Waals surface area contributed by atoms with E-state index in [0.717, 1.165) is 0 Å². The summed E-state index contributed by atoms with van der Waals surface area (Å²) in [6.07, 6.45) is 3.32. The van der Waals surface area contributed by atoms with E-state index >= 15 is 9.59 Å². The van der Waals surface area contributed by atoms with Gasteiger partial charge in [-0.2, -0.15) is 0 Å². The normalized spacial score (nSPS) is 22.6. The van der Waals surface area contributed by atoms with Gasteiger partial charge in [-0.1, -0.05) is 90.1 Å². The number of carboxylic acids is 2. The van der Waals surface area contributed by atoms with Crippen molar-refractivity contribution in [3.8, 4) is 0 Å². The van der Waals surface area contributed by atoms with Crippen molar-refractivity contribution >= 4 is 111 Å². The molecule has 2 bridgehead atoms. The number of aliphatic hydroxyl groups is 1. The van der Waals surface area contributed by atoms with E-state index in [1.807, 2.05) is 0 Å². The van der Waals surface area contributed by atoms with E-state index in [9.17, 15) is 77.6 Å². The molecule has 5 heterocycles. The maximum Gasteiger partial charge on any atom is 0.305 e. The number of imidazole rings is 1. The summed E-state index contributed by atoms with van der Waals surface area (Å²) < 4.78 is 1.44. The predicted molar refractivity (Wildman–Crippen MR) is 420 cm³/mol. The first-order valence-corrected chi connectivity index (χ1v) is 38.8. The van der Waals surface area contributed by atoms with Gasteiger partial charge in [-0.3, -0.25) is 76.6 Å². The van der Waals surface area contributed by atoms with Crippen LogP contribution in [-0.4, -0.2) is 231 Å². The molecule has 630 valence electrons. The Morgan fingerprint density at radius 1 is 0.612 bits per heavy atom. The number of aromatic amines is 3. The molecule has 13 atom stereocenters. The maximum absolute atomic E-state index is 15.0. The number of hydrogen-bond acceptors (Lipinski definition) is 20. The first-order valence-electron chi connectivity index (χ1n) is 38.8. The number of aliphatic carboxylic acids is 2. The minimum atomic E-state index is -1.66. The number of carbonyl (C=O) groups excluding carboxylic acids is 13. The summed E-state index contributed by atoms with van der Waals surface area (Å²) in [6.45, 7) is 13.7. The number of nitrogens with zero attached hydrogens (tertiary/aromatic N) is 4. The number of hydrogen-bond donors (Lipinski definition) is 20. The lowest BCUT2D eigenvalue weighted by Crippen LogP contribution is -2.61. The molecule has 6 aromatic rings. The highest BCUT2D eigenvalue weighted by molar-refractivity contribution is 6.01. The van der Waals surface area contributed by atoms with Gasteiger partial charge in [-0.25, -0.2) is 4.98 Å². The maximum atomic E-state index is 15.0. The van der Waals surface area contributed by atoms with Crippen LogP contribution in [0, 0.1) is 17.8 Å². The number of fused-ring (bicyclic) bond motifs is 4. The Balaban J connectivity index is 1.26. The van der Waals surface area contributed by atoms with E-state index in [2.05, 4.69) is 99.4 Å². The molecule has 39 nitrogen and oxygen atoms in total. The number of amides is 13. The number of aryl methyl sites for hydroxylation is 2. The van der Waals surface area contributed by atoms with E-state index in [1.54, 1.807) is 116 Å². The zero-order valence-electron chi connectivity index (χ0n) is 66.4. The molecule has 2 aromatic carbocycles. The highest BCUT2D eigenvalue weighted by atomic mass is 16.4. The van der Waals surface area contributed by atoms with Gasteiger partial charge >= 0.3 is 11.9 Å². The van der Waals surface area contributed by atoms with E-state index in [0.29, 0.717) is 38.6 Å². The highest BCUT2D eigenvalue weighted by Gasteiger charge is 2.39. The van der Waals surface area contributed by atoms with Gasteiger partial charge in [0.05, 0.1) is 42.8 Å². The molecule has 7 rings (SSSR count). The summed E-state index contributed by atoms with van der Waals surface area (Å²) in [5.74, 6) is -16.3. The van der Waals surface area contributed by atoms with Gasteiger partial charge in [0.2, 0.25) is 76.8 Å². The van der Waals surface area contributed by atoms with Crippen LogP contribution in [0.3, 0.4) is 0 Å². The molecule has 0 radical (unpaired) electrons. The Kier molecular flexibility index (Phi) is 34.5. The number of nitrogens with two attached hydrogens (primary N) is 1. The molecule has 0 spiro atoms. The topological polar surface area (TPSA) is 590 Å². The summed E-state index contributed by atoms with van der Waals surface area (Å²) in [4.78, 5) is 224. The molecule has 21 N–H and O–H groups in total. The molecular formula is C77H109N21O18. The van der Waals surface area contributed by atoms with Crippen LogP contribution in [0.4, 0.5) is 0 Å². The quantitative estimate of drug-likeness (QED) is 0.0318. The lowest BCUT2D eigenvalue weighted by molar-refractivity contribution is -0.140. The SMILES string of the molecule is CCN[C@@H](CC(=O)O)C(=O)N[C@H]1CCc2cn(nn2)CCCC[C@@H](C(=O)N[C@H](C(N)=O)[C@@H](C)O)NC(=O)[C@H](Cc2c[nH]c3ccccc23)NC(=O)[C@H](C(C)C)NC(=O)[C@H](CC(C)C)NC(=O)[C@H](CCC(=O)O)NC(=O)CNC(=O)[C@H](CC(C)C)NC(=O)[C@H](Cc2c[nH]cn2)NC(=O)[C@H](Cc2c[nH]c3ccccc23)NC(=O)[C@H](C)NC1=O. The smallest absolute Gasteiger partial charge is 0.305 e. The summed E-state index contributed by atoms with van der Waals surface area (Å²) in [5.41, 5.74) is 8.59. The van der Waals surface area contributed by atoms with Crippen LogP contribution in [0.2, 0.25) is 0 Å². The van der Waals surface area contributed by atoms with Crippen LogP contribution in [0.25, 0.3) is 21.8 Å². The molecule has 4 aromatic heterocycles. The monoisotopic (exact) mass is 1620 g/mol. The number of carboxylic acid groups (broad SMARTS) is 2. The Bertz CT molecular complexity index is 4420. The molecule has 0 aliphatic carbocycles. The summed E-state index contributed by atoms with van der Waals surface area (Å²) in [7, 11) is 0. The van der Waals surface area contributed by atoms with Crippen molar-refractivity contribution < 1.29 is 87.2 Å². The fraction of sp³-hybridized carbons (Fsp3) is 0.532. The van der Waals surface area contributed by atoms with Crippen LogP contribution in [0.15, 0.2) is 79.6 Å². The van der Waals surface area contributed by atoms with Gasteiger partial charge < -0.3 is 105 Å². The van der Waals surface area contributed by atoms with Crippen molar-refractivity contribution in [1.82, 2.24) is 104 Å². The molecular weight excluding hydrogens is 1510 g/mol. The average Bonchev–Trinajstić information content (AvgIpc) is 1.65. The van der Waals surface area contributed by atoms with Crippen molar-refractivity contribution in [1.29, 1.82) is 0 Å². The third-order valence-corrected chi connectivity index (χ3v) is 19.4. The molecule has 1 aliphatic rings. The number of para-hydroxylation sites is 2. The van der Waals surface area contributed by atoms with Gasteiger partial charge in [-0.15, -0.1) is 5.10 Å². The van der Waals surface area contributed by atoms with Gasteiger partial charge in [0.25, 0.3) is 0 Å². The lowest BCUT2D eigenvalue weighted by Gasteiger charge is -2.29. The fourth-order valence-corrected chi connectivity index (χ4v) is 13.2. The standard InChI is InChI=1S/C77H109N21O18/c1-10-80-55(32-63(103)104)72(111)88-54-23-22-46-37-98(97-96-46)26-16-15-21-52(71(110)95-65(43(9)99)66(78)105)87-73(112)59(30-45-34-82-51-20-14-12-18-49(45)51)93-77(116)64(41(6)7)94-76(115)57(28-40(4)5)91-70(109)53(24-25-62(101)102)86-61(100)36-83-68(107)56(27-39(2)3)90-75(114)60(31-47-35-79-38-84-47)92-74(113)58(89-67(106)42(8)85-69(54)108)29-44-33-81-50-19-13-11-17-48(44)50/h11-14,17-20,33-35,37-43,52-60,64-65,80-82,99H,10,15-16,21-32,36H2,1-9H3,(H2,78,105)(H,79,84)(H,83,107)(H,85,108)(H,86,100)(H,87,112)(H,88,111)(H,89,106)(H,90,114)(H,91,109)(H,92,113)(H,93,116)(H,94,115)(H,95,110)(H,101,102)(H,103,104)/t42-,43+,52-,53-,54-,55-,56-,57-,58-,59-,60-,64-,65-/m0/s1. The summed E-state index contributed by atoms with van der Waals surface area (Å²) in [5, 5.41) is 74.2. The zero-order chi connectivity index (χ0) is 85.0. The zero-order valence-corrected chi connectivity index (χ0v) is 66.4. The van der Waals surface area contributed by atoms with Crippen molar-refractivity contribution in [3.63, 3.8) is 0 Å². The number of nitrogens with one attached hydrogen (secondary N) is 16. The third-order valence-electron chi connectivity index (χ3n) is 19.4. The molecule has 0 saturated heterocycles. The number of aromatic nitrogens is 7. The number of benzene rings is 2. The Morgan fingerprint density at radius 2 is 1.16 bits per heavy atom. The molecule has 1 aliphatic heterocycles. The van der Waals surface area contributed by atoms with Gasteiger partial charge in [0.15, 0.2) is 0 Å². The molecule has 116 heavy (non-hydrogen) atoms. The predicted octanol–water partition coefficient (Wildman–Crippen LogP) is -1.79. The van der Waals surface area contributed by atoms with E-state index in [-0.39, 0.29) is 94.8 Å². The molecule has 0 saturated carbocycles. The first-order chi connectivity index (χ1) is 55.1. The minimum absolute atomic E-state index is 0.0487. The number of aliphatic hydroxyl groups excluding tert-OH is 1. The van der Waals surface area contributed by atoms with Crippen LogP contribution in [-0.2, 0) is 104 Å². The van der Waals surface area contributed by atoms with Gasteiger partial charge in [-0.05, 0) is 113 Å². The second-order valence-corrected chi connectivity index (χ2v) is 30.2. The molecule has 39 heteroatoms. The van der Waals surface area contributed by atoms with E-state index in [1.165, 1.54) is 31.1 Å². The third kappa shape index (κ3) is 27.8. The lowest BCUT2D eigenvalue weighted by atomic mass is 9.98. The van der Waals surface area contributed by atoms with Gasteiger partial charge in [0.1, 0.15) is 66.5 Å². The Labute approximate surface area is 668 Å². The van der Waals surface area contributed by atoms with E-state index in [4.69, 9.17) is 5.73 Å². The second kappa shape index (κ2) is 43.9. The van der Waals surface area contributed by atoms with E-state index < -0.39 is 199 Å². The van der Waals surface area contributed by atoms with Crippen LogP contribution in [0.1, 0.15) is 143 Å². The number of carbonyl (C=O) groups is 15. The Hall–Kier alpha value is -12.2. The summed E-state index contributed by atoms with van der Waals surface area (Å²) >= 11 is 0. The Morgan fingerprint density at radius 3 is 1.72 bits per heavy atom. The largest absolute Gasteiger partial charge is 0.481 e. The highest BCUT2D eigenvalue weighted by Crippen LogP contribution is 2.23. The van der Waals surface area contributed by atoms with Crippen molar-refractivity contribution in [3.05, 3.63) is 102 Å². The number of H-pyrrole nitrogens is 3. The van der Waals surface area contributed by atoms with Crippen molar-refractivity contribution in [2.24, 2.45) is 23.5 Å². The number of primary amides is 1. The van der Waals surface area contributed by atoms with Crippen LogP contribution >= 0.6 is 0 Å². The summed E-state index contributed by atoms with van der Waals surface area (Å²) in [6, 6.07) is -3.76. The van der Waals surface area contributed by atoms with Crippen LogP contribution < -0.4 is 74.9 Å². The van der Waals surface area contributed by atoms with Crippen LogP contribution in [0.5, 0.6) is 0 Å². The minimum Gasteiger partial charge on any atom is -0.481 e. The molecule has 13 amide bonds. The van der Waals surface area contributed by atoms with Gasteiger partial charge in [0, 0.05) is 78.8 Å². The number of rotatable bonds is 24. The molecule has 0 unspecified atom stereocenters. The van der Waals surface area contributed by atoms with Crippen molar-refractivity contribution in [2.45, 2.75) is 231 Å². The second-order valence-electron chi connectivity index (χ2n) is 30.2. The number of likely N-dealkylation sites (N-methyl/N-ethyl adjacent to an activating group) is 1. The average molecular weight is 1620 g/mol. The fourth-order valence-electron chi connectivity index (χ4n) is 13.2. The first kappa shape index (κ1) is 91.0. The molecule has 0 fully saturated rings.